The molecule has 0 radical (unpaired) electrons. The van der Waals surface area contributed by atoms with Crippen LogP contribution in [0.5, 0.6) is 0 Å². The van der Waals surface area contributed by atoms with E-state index in [2.05, 4.69) is 45.3 Å². The minimum absolute atomic E-state index is 0.0256. The molecule has 0 amide bonds. The number of ether oxygens (including phenoxy) is 2. The third-order valence-electron chi connectivity index (χ3n) is 4.86. The van der Waals surface area contributed by atoms with Crippen molar-refractivity contribution >= 4 is 5.84 Å². The van der Waals surface area contributed by atoms with Gasteiger partial charge in [-0.2, -0.15) is 0 Å². The fourth-order valence-corrected chi connectivity index (χ4v) is 3.15. The smallest absolute Gasteiger partial charge is 0.124 e. The molecule has 1 saturated heterocycles. The lowest BCUT2D eigenvalue weighted by Gasteiger charge is -2.23. The Morgan fingerprint density at radius 3 is 2.39 bits per heavy atom. The predicted octanol–water partition coefficient (Wildman–Crippen LogP) is 6.57. The lowest BCUT2D eigenvalue weighted by atomic mass is 9.95. The third-order valence-corrected chi connectivity index (χ3v) is 4.86. The molecule has 1 fully saturated rings. The monoisotopic (exact) mass is 430 g/mol. The molecule has 2 aliphatic rings. The number of aliphatic imine (C=N–C) groups is 1. The first-order valence-electron chi connectivity index (χ1n) is 11.9. The van der Waals surface area contributed by atoms with Crippen molar-refractivity contribution < 1.29 is 9.47 Å². The molecule has 0 saturated carbocycles. The van der Waals surface area contributed by atoms with Crippen molar-refractivity contribution in [3.05, 3.63) is 60.8 Å². The summed E-state index contributed by atoms with van der Waals surface area (Å²) in [6.07, 6.45) is 16.5. The zero-order chi connectivity index (χ0) is 23.5. The van der Waals surface area contributed by atoms with Crippen molar-refractivity contribution in [3.63, 3.8) is 0 Å². The lowest BCUT2D eigenvalue weighted by Crippen LogP contribution is -2.38. The van der Waals surface area contributed by atoms with Crippen molar-refractivity contribution in [2.75, 3.05) is 19.8 Å². The Labute approximate surface area is 191 Å². The highest BCUT2D eigenvalue weighted by atomic mass is 16.5. The van der Waals surface area contributed by atoms with E-state index in [9.17, 15) is 0 Å². The molecular formula is C27H46N2O2. The number of allylic oxidation sites excluding steroid dienone is 5. The van der Waals surface area contributed by atoms with Crippen molar-refractivity contribution in [2.45, 2.75) is 85.4 Å². The summed E-state index contributed by atoms with van der Waals surface area (Å²) in [7, 11) is 0. The van der Waals surface area contributed by atoms with Crippen LogP contribution in [0.4, 0.5) is 0 Å². The first-order chi connectivity index (χ1) is 15.1. The van der Waals surface area contributed by atoms with Crippen LogP contribution < -0.4 is 5.32 Å². The zero-order valence-corrected chi connectivity index (χ0v) is 20.8. The first kappa shape index (κ1) is 29.1. The van der Waals surface area contributed by atoms with Crippen LogP contribution >= 0.6 is 0 Å². The average molecular weight is 431 g/mol. The molecule has 0 aromatic heterocycles. The fraction of sp³-hybridized carbons (Fsp3) is 0.593. The van der Waals surface area contributed by atoms with E-state index in [-0.39, 0.29) is 18.2 Å². The maximum atomic E-state index is 6.03. The Morgan fingerprint density at radius 1 is 1.19 bits per heavy atom. The molecule has 176 valence electrons. The minimum atomic E-state index is 0.0256. The molecule has 2 rings (SSSR count). The number of nitrogens with zero attached hydrogens (tertiary/aromatic N) is 1. The van der Waals surface area contributed by atoms with Crippen LogP contribution in [0.3, 0.4) is 0 Å². The number of hydrogen-bond acceptors (Lipinski definition) is 4. The van der Waals surface area contributed by atoms with E-state index in [1.807, 2.05) is 51.2 Å². The van der Waals surface area contributed by atoms with Gasteiger partial charge in [0.2, 0.25) is 0 Å². The molecule has 4 heteroatoms. The van der Waals surface area contributed by atoms with Crippen LogP contribution in [0.25, 0.3) is 0 Å². The van der Waals surface area contributed by atoms with Gasteiger partial charge in [0, 0.05) is 13.2 Å². The molecule has 2 aliphatic heterocycles. The SMILES string of the molecule is C=C(/C=C\C=C/C)[C@H]1N=C(COC2CCOCC2)N[C@H]1/C(C)=C/CC.C=CCC.CC. The second-order valence-corrected chi connectivity index (χ2v) is 7.28. The van der Waals surface area contributed by atoms with Gasteiger partial charge in [0.1, 0.15) is 18.5 Å². The Kier molecular flexibility index (Phi) is 17.7. The van der Waals surface area contributed by atoms with E-state index in [0.717, 1.165) is 50.3 Å². The van der Waals surface area contributed by atoms with Crippen LogP contribution in [0.15, 0.2) is 65.8 Å². The Morgan fingerprint density at radius 2 is 1.84 bits per heavy atom. The first-order valence-corrected chi connectivity index (χ1v) is 11.9. The van der Waals surface area contributed by atoms with Gasteiger partial charge in [0.25, 0.3) is 0 Å². The van der Waals surface area contributed by atoms with Crippen LogP contribution in [0.2, 0.25) is 0 Å². The van der Waals surface area contributed by atoms with Crippen molar-refractivity contribution in [1.29, 1.82) is 0 Å². The highest BCUT2D eigenvalue weighted by Gasteiger charge is 2.31. The number of hydrogen-bond donors (Lipinski definition) is 1. The van der Waals surface area contributed by atoms with Crippen molar-refractivity contribution in [1.82, 2.24) is 5.32 Å². The summed E-state index contributed by atoms with van der Waals surface area (Å²) in [6.45, 7) is 22.2. The summed E-state index contributed by atoms with van der Waals surface area (Å²) in [6, 6.07) is 0.189. The Balaban J connectivity index is 0.00000134. The molecule has 0 aliphatic carbocycles. The second kappa shape index (κ2) is 18.8. The van der Waals surface area contributed by atoms with Crippen LogP contribution in [0.1, 0.15) is 67.2 Å². The number of amidine groups is 1. The van der Waals surface area contributed by atoms with Crippen molar-refractivity contribution in [2.24, 2.45) is 4.99 Å². The zero-order valence-electron chi connectivity index (χ0n) is 20.8. The summed E-state index contributed by atoms with van der Waals surface area (Å²) >= 11 is 0. The lowest BCUT2D eigenvalue weighted by molar-refractivity contribution is -0.0193. The quantitative estimate of drug-likeness (QED) is 0.332. The molecule has 2 heterocycles. The minimum Gasteiger partial charge on any atom is -0.381 e. The third kappa shape index (κ3) is 11.9. The summed E-state index contributed by atoms with van der Waals surface area (Å²) in [4.78, 5) is 4.87. The Bertz CT molecular complexity index is 611. The second-order valence-electron chi connectivity index (χ2n) is 7.28. The van der Waals surface area contributed by atoms with Gasteiger partial charge in [-0.1, -0.05) is 76.3 Å². The average Bonchev–Trinajstić information content (AvgIpc) is 3.25. The molecule has 0 unspecified atom stereocenters. The van der Waals surface area contributed by atoms with Gasteiger partial charge >= 0.3 is 0 Å². The van der Waals surface area contributed by atoms with E-state index in [4.69, 9.17) is 14.5 Å². The van der Waals surface area contributed by atoms with Crippen LogP contribution in [-0.4, -0.2) is 43.8 Å². The van der Waals surface area contributed by atoms with Gasteiger partial charge in [0.15, 0.2) is 0 Å². The summed E-state index contributed by atoms with van der Waals surface area (Å²) < 4.78 is 11.4. The molecule has 0 aromatic carbocycles. The summed E-state index contributed by atoms with van der Waals surface area (Å²) in [5.74, 6) is 0.922. The van der Waals surface area contributed by atoms with Gasteiger partial charge in [-0.3, -0.25) is 4.99 Å². The molecule has 2 atom stereocenters. The summed E-state index contributed by atoms with van der Waals surface area (Å²) in [5, 5.41) is 3.55. The van der Waals surface area contributed by atoms with Crippen LogP contribution in [0, 0.1) is 0 Å². The topological polar surface area (TPSA) is 42.9 Å². The van der Waals surface area contributed by atoms with Gasteiger partial charge in [0.05, 0.1) is 12.1 Å². The van der Waals surface area contributed by atoms with E-state index in [1.165, 1.54) is 5.57 Å². The molecule has 4 nitrogen and oxygen atoms in total. The molecular weight excluding hydrogens is 384 g/mol. The van der Waals surface area contributed by atoms with Gasteiger partial charge < -0.3 is 14.8 Å². The van der Waals surface area contributed by atoms with E-state index in [1.54, 1.807) is 0 Å². The van der Waals surface area contributed by atoms with Gasteiger partial charge in [-0.25, -0.2) is 0 Å². The molecule has 31 heavy (non-hydrogen) atoms. The summed E-state index contributed by atoms with van der Waals surface area (Å²) in [5.41, 5.74) is 2.32. The molecule has 0 aromatic rings. The maximum Gasteiger partial charge on any atom is 0.124 e. The highest BCUT2D eigenvalue weighted by Crippen LogP contribution is 2.23. The van der Waals surface area contributed by atoms with Crippen LogP contribution in [-0.2, 0) is 9.47 Å². The predicted molar refractivity (Wildman–Crippen MR) is 137 cm³/mol. The highest BCUT2D eigenvalue weighted by molar-refractivity contribution is 5.86. The maximum absolute atomic E-state index is 6.03. The fourth-order valence-electron chi connectivity index (χ4n) is 3.15. The van der Waals surface area contributed by atoms with E-state index < -0.39 is 0 Å². The molecule has 0 bridgehead atoms. The normalized spacial score (nSPS) is 21.6. The van der Waals surface area contributed by atoms with E-state index >= 15 is 0 Å². The van der Waals surface area contributed by atoms with E-state index in [0.29, 0.717) is 6.61 Å². The van der Waals surface area contributed by atoms with Crippen molar-refractivity contribution in [3.8, 4) is 0 Å². The standard InChI is InChI=1S/C21H32N2O2.C4H8.C2H6/c1-5-7-8-10-17(4)21-20(16(3)9-6-2)22-19(23-21)15-25-18-11-13-24-14-12-18;1-3-4-2;1-2/h5,7-10,18,20-21H,4,6,11-15H2,1-3H3,(H,22,23);3H,1,4H2,2H3;1-2H3/b7-5-,10-8-,16-9+;;/t20-,21+;;/m0../s1. The number of nitrogens with one attached hydrogen (secondary N) is 1. The van der Waals surface area contributed by atoms with Gasteiger partial charge in [-0.05, 0) is 45.1 Å². The number of rotatable bonds is 9. The van der Waals surface area contributed by atoms with Gasteiger partial charge in [-0.15, -0.1) is 6.58 Å². The molecule has 0 spiro atoms. The Hall–Kier alpha value is -1.91. The largest absolute Gasteiger partial charge is 0.381 e. The molecule has 1 N–H and O–H groups in total.